The standard InChI is InChI=1S/C34H40N4O5/c1-21-14-15-27-17-25(21)12-8-16-35-30(40)20-38(19-23(3)36-33(42)31(24(4)39)37-32(27)41)34(43)28-11-7-10-26(18-28)29-13-6-5-9-22(29)2/h5-7,9-11,13-15,17-18,23-24,31,39H,8,12,16,19-20H2,1-4H3,(H,35,40)(H,36,42)(H,37,41)/t23-,24-,31+/m1/s1. The van der Waals surface area contributed by atoms with Gasteiger partial charge in [-0.1, -0.05) is 42.5 Å². The fourth-order valence-corrected chi connectivity index (χ4v) is 5.27. The molecule has 4 amide bonds. The molecule has 3 aromatic carbocycles. The first-order valence-corrected chi connectivity index (χ1v) is 14.6. The summed E-state index contributed by atoms with van der Waals surface area (Å²) in [7, 11) is 0. The van der Waals surface area contributed by atoms with E-state index in [4.69, 9.17) is 0 Å². The fraction of sp³-hybridized carbons (Fsp3) is 0.353. The van der Waals surface area contributed by atoms with Gasteiger partial charge in [0.2, 0.25) is 11.8 Å². The predicted molar refractivity (Wildman–Crippen MR) is 166 cm³/mol. The number of hydrogen-bond donors (Lipinski definition) is 4. The zero-order valence-electron chi connectivity index (χ0n) is 25.1. The van der Waals surface area contributed by atoms with Crippen molar-refractivity contribution >= 4 is 23.6 Å². The van der Waals surface area contributed by atoms with Crippen molar-refractivity contribution in [3.05, 3.63) is 94.5 Å². The van der Waals surface area contributed by atoms with Crippen LogP contribution in [-0.2, 0) is 16.0 Å². The second-order valence-electron chi connectivity index (χ2n) is 11.3. The van der Waals surface area contributed by atoms with Gasteiger partial charge in [-0.05, 0) is 92.6 Å². The van der Waals surface area contributed by atoms with Crippen LogP contribution in [0.1, 0.15) is 57.7 Å². The number of rotatable bonds is 3. The molecule has 0 aliphatic carbocycles. The normalized spacial score (nSPS) is 19.5. The van der Waals surface area contributed by atoms with Crippen LogP contribution < -0.4 is 16.0 Å². The molecule has 1 heterocycles. The lowest BCUT2D eigenvalue weighted by Gasteiger charge is -2.28. The predicted octanol–water partition coefficient (Wildman–Crippen LogP) is 3.16. The van der Waals surface area contributed by atoms with E-state index >= 15 is 0 Å². The number of carbonyl (C=O) groups excluding carboxylic acids is 4. The van der Waals surface area contributed by atoms with E-state index < -0.39 is 30.0 Å². The minimum Gasteiger partial charge on any atom is -0.391 e. The smallest absolute Gasteiger partial charge is 0.254 e. The number of hydrogen-bond acceptors (Lipinski definition) is 5. The summed E-state index contributed by atoms with van der Waals surface area (Å²) in [5.41, 5.74) is 5.71. The molecule has 226 valence electrons. The van der Waals surface area contributed by atoms with E-state index in [2.05, 4.69) is 16.0 Å². The van der Waals surface area contributed by atoms with Crippen LogP contribution in [0.2, 0.25) is 0 Å². The summed E-state index contributed by atoms with van der Waals surface area (Å²) in [6.45, 7) is 7.33. The van der Waals surface area contributed by atoms with Gasteiger partial charge in [-0.3, -0.25) is 19.2 Å². The van der Waals surface area contributed by atoms with E-state index in [1.54, 1.807) is 25.1 Å². The Morgan fingerprint density at radius 3 is 2.44 bits per heavy atom. The van der Waals surface area contributed by atoms with Crippen molar-refractivity contribution in [2.45, 2.75) is 58.7 Å². The summed E-state index contributed by atoms with van der Waals surface area (Å²) < 4.78 is 0. The van der Waals surface area contributed by atoms with Gasteiger partial charge in [-0.25, -0.2) is 0 Å². The first-order valence-electron chi connectivity index (χ1n) is 14.6. The molecule has 0 spiro atoms. The summed E-state index contributed by atoms with van der Waals surface area (Å²) in [5.74, 6) is -1.73. The Kier molecular flexibility index (Phi) is 10.3. The van der Waals surface area contributed by atoms with Crippen LogP contribution in [0.25, 0.3) is 11.1 Å². The van der Waals surface area contributed by atoms with E-state index in [1.807, 2.05) is 62.4 Å². The van der Waals surface area contributed by atoms with Crippen LogP contribution in [0.4, 0.5) is 0 Å². The second kappa shape index (κ2) is 14.1. The number of aryl methyl sites for hydroxylation is 3. The summed E-state index contributed by atoms with van der Waals surface area (Å²) >= 11 is 0. The maximum absolute atomic E-state index is 13.8. The van der Waals surface area contributed by atoms with Gasteiger partial charge in [0.25, 0.3) is 11.8 Å². The Hall–Kier alpha value is -4.50. The van der Waals surface area contributed by atoms with E-state index in [0.29, 0.717) is 30.5 Å². The van der Waals surface area contributed by atoms with Crippen LogP contribution in [0, 0.1) is 13.8 Å². The van der Waals surface area contributed by atoms with Gasteiger partial charge in [0.1, 0.15) is 6.04 Å². The number of nitrogens with one attached hydrogen (secondary N) is 3. The van der Waals surface area contributed by atoms with E-state index in [1.165, 1.54) is 11.8 Å². The van der Waals surface area contributed by atoms with Gasteiger partial charge in [0.15, 0.2) is 0 Å². The van der Waals surface area contributed by atoms with Crippen LogP contribution >= 0.6 is 0 Å². The zero-order valence-corrected chi connectivity index (χ0v) is 25.1. The van der Waals surface area contributed by atoms with Gasteiger partial charge >= 0.3 is 0 Å². The molecule has 0 fully saturated rings. The molecule has 4 N–H and O–H groups in total. The molecule has 1 aliphatic rings. The second-order valence-corrected chi connectivity index (χ2v) is 11.3. The van der Waals surface area contributed by atoms with Crippen molar-refractivity contribution in [2.75, 3.05) is 19.6 Å². The first-order chi connectivity index (χ1) is 20.5. The van der Waals surface area contributed by atoms with Gasteiger partial charge in [-0.15, -0.1) is 0 Å². The summed E-state index contributed by atoms with van der Waals surface area (Å²) in [6.07, 6.45) is 0.0892. The molecule has 0 saturated carbocycles. The van der Waals surface area contributed by atoms with Crippen molar-refractivity contribution in [2.24, 2.45) is 0 Å². The quantitative estimate of drug-likeness (QED) is 0.376. The van der Waals surface area contributed by atoms with Crippen molar-refractivity contribution in [3.63, 3.8) is 0 Å². The average Bonchev–Trinajstić information content (AvgIpc) is 2.97. The number of amides is 4. The third kappa shape index (κ3) is 8.08. The molecule has 43 heavy (non-hydrogen) atoms. The highest BCUT2D eigenvalue weighted by atomic mass is 16.3. The molecule has 9 heteroatoms. The summed E-state index contributed by atoms with van der Waals surface area (Å²) in [6, 6.07) is 18.7. The lowest BCUT2D eigenvalue weighted by molar-refractivity contribution is -0.126. The molecule has 9 nitrogen and oxygen atoms in total. The minimum absolute atomic E-state index is 0.0348. The lowest BCUT2D eigenvalue weighted by Crippen LogP contribution is -2.56. The highest BCUT2D eigenvalue weighted by Crippen LogP contribution is 2.24. The average molecular weight is 585 g/mol. The van der Waals surface area contributed by atoms with Gasteiger partial charge in [0, 0.05) is 30.3 Å². The Balaban J connectivity index is 1.61. The number of fused-ring (bicyclic) bond motifs is 2. The molecular weight excluding hydrogens is 544 g/mol. The molecule has 4 rings (SSSR count). The summed E-state index contributed by atoms with van der Waals surface area (Å²) in [5, 5.41) is 18.7. The van der Waals surface area contributed by atoms with Crippen LogP contribution in [-0.4, -0.2) is 71.5 Å². The summed E-state index contributed by atoms with van der Waals surface area (Å²) in [4.78, 5) is 54.5. The van der Waals surface area contributed by atoms with Crippen LogP contribution in [0.5, 0.6) is 0 Å². The molecule has 3 atom stereocenters. The van der Waals surface area contributed by atoms with E-state index in [0.717, 1.165) is 27.8 Å². The zero-order chi connectivity index (χ0) is 31.1. The number of aliphatic hydroxyl groups excluding tert-OH is 1. The Bertz CT molecular complexity index is 1500. The number of carbonyl (C=O) groups is 4. The largest absolute Gasteiger partial charge is 0.391 e. The van der Waals surface area contributed by atoms with Crippen molar-refractivity contribution in [1.82, 2.24) is 20.9 Å². The monoisotopic (exact) mass is 584 g/mol. The van der Waals surface area contributed by atoms with Crippen molar-refractivity contribution in [1.29, 1.82) is 0 Å². The third-order valence-electron chi connectivity index (χ3n) is 7.68. The van der Waals surface area contributed by atoms with Gasteiger partial charge < -0.3 is 26.0 Å². The van der Waals surface area contributed by atoms with Gasteiger partial charge in [-0.2, -0.15) is 0 Å². The highest BCUT2D eigenvalue weighted by Gasteiger charge is 2.29. The Labute approximate surface area is 252 Å². The minimum atomic E-state index is -1.21. The Morgan fingerprint density at radius 1 is 0.930 bits per heavy atom. The topological polar surface area (TPSA) is 128 Å². The van der Waals surface area contributed by atoms with Gasteiger partial charge in [0.05, 0.1) is 12.6 Å². The number of aliphatic hydroxyl groups is 1. The van der Waals surface area contributed by atoms with E-state index in [9.17, 15) is 24.3 Å². The Morgan fingerprint density at radius 2 is 1.70 bits per heavy atom. The lowest BCUT2D eigenvalue weighted by atomic mass is 9.98. The molecule has 3 aromatic rings. The van der Waals surface area contributed by atoms with Crippen molar-refractivity contribution < 1.29 is 24.3 Å². The highest BCUT2D eigenvalue weighted by molar-refractivity contribution is 5.99. The van der Waals surface area contributed by atoms with Crippen LogP contribution in [0.3, 0.4) is 0 Å². The molecule has 2 bridgehead atoms. The molecule has 0 radical (unpaired) electrons. The van der Waals surface area contributed by atoms with Crippen LogP contribution in [0.15, 0.2) is 66.7 Å². The number of nitrogens with zero attached hydrogens (tertiary/aromatic N) is 1. The maximum Gasteiger partial charge on any atom is 0.254 e. The molecule has 1 aliphatic heterocycles. The molecule has 0 saturated heterocycles. The van der Waals surface area contributed by atoms with Crippen molar-refractivity contribution in [3.8, 4) is 11.1 Å². The molecular formula is C34H40N4O5. The first kappa shape index (κ1) is 31.4. The third-order valence-corrected chi connectivity index (χ3v) is 7.68. The number of benzene rings is 3. The fourth-order valence-electron chi connectivity index (χ4n) is 5.27. The molecule has 0 unspecified atom stereocenters. The maximum atomic E-state index is 13.8. The van der Waals surface area contributed by atoms with E-state index in [-0.39, 0.29) is 24.9 Å². The SMILES string of the molecule is Cc1ccc2cc1CCCNC(=O)CN(C(=O)c1cccc(-c3ccccc3C)c1)C[C@@H](C)NC(=O)[C@H]([C@@H](C)O)NC2=O. The molecule has 0 aromatic heterocycles.